The van der Waals surface area contributed by atoms with Gasteiger partial charge < -0.3 is 9.51 Å². The predicted molar refractivity (Wildman–Crippen MR) is 136 cm³/mol. The Morgan fingerprint density at radius 2 is 2.03 bits per heavy atom. The van der Waals surface area contributed by atoms with E-state index in [1.807, 2.05) is 22.9 Å². The first-order chi connectivity index (χ1) is 17.1. The molecule has 0 amide bonds. The summed E-state index contributed by atoms with van der Waals surface area (Å²) in [6.45, 7) is 4.19. The summed E-state index contributed by atoms with van der Waals surface area (Å²) in [7, 11) is 0. The summed E-state index contributed by atoms with van der Waals surface area (Å²) in [4.78, 5) is 11.4. The molecule has 1 aliphatic heterocycles. The second-order valence-electron chi connectivity index (χ2n) is 9.84. The van der Waals surface area contributed by atoms with E-state index < -0.39 is 0 Å². The summed E-state index contributed by atoms with van der Waals surface area (Å²) in [6, 6.07) is 12.2. The van der Waals surface area contributed by atoms with Gasteiger partial charge in [-0.15, -0.1) is 0 Å². The van der Waals surface area contributed by atoms with Crippen molar-refractivity contribution in [2.45, 2.75) is 32.7 Å². The summed E-state index contributed by atoms with van der Waals surface area (Å²) in [5.74, 6) is 0.483. The van der Waals surface area contributed by atoms with E-state index in [4.69, 9.17) is 4.98 Å². The highest BCUT2D eigenvalue weighted by Crippen LogP contribution is 2.44. The minimum absolute atomic E-state index is 0.170. The Morgan fingerprint density at radius 1 is 1.14 bits per heavy atom. The molecule has 5 nitrogen and oxygen atoms in total. The van der Waals surface area contributed by atoms with Gasteiger partial charge in [-0.3, -0.25) is 14.3 Å². The molecular weight excluding hydrogens is 439 g/mol. The number of aromatic hydroxyl groups is 1. The van der Waals surface area contributed by atoms with Gasteiger partial charge in [-0.05, 0) is 83.9 Å². The molecular formula is C29H29FN4O. The molecule has 0 atom stereocenters. The molecule has 0 spiro atoms. The van der Waals surface area contributed by atoms with E-state index in [0.717, 1.165) is 72.5 Å². The molecule has 0 radical (unpaired) electrons. The third kappa shape index (κ3) is 4.02. The second kappa shape index (κ2) is 8.93. The number of allylic oxidation sites excluding steroid dienone is 1. The van der Waals surface area contributed by atoms with Crippen molar-refractivity contribution in [1.29, 1.82) is 0 Å². The Labute approximate surface area is 204 Å². The second-order valence-corrected chi connectivity index (χ2v) is 9.84. The average molecular weight is 469 g/mol. The van der Waals surface area contributed by atoms with Gasteiger partial charge in [-0.2, -0.15) is 0 Å². The van der Waals surface area contributed by atoms with Crippen LogP contribution in [0.25, 0.3) is 16.8 Å². The number of hydrogen-bond donors (Lipinski definition) is 1. The van der Waals surface area contributed by atoms with E-state index in [-0.39, 0.29) is 12.6 Å². The molecule has 1 N–H and O–H groups in total. The lowest BCUT2D eigenvalue weighted by Gasteiger charge is -2.37. The predicted octanol–water partition coefficient (Wildman–Crippen LogP) is 5.44. The van der Waals surface area contributed by atoms with Crippen molar-refractivity contribution in [3.8, 4) is 5.75 Å². The van der Waals surface area contributed by atoms with Crippen LogP contribution in [-0.4, -0.2) is 44.1 Å². The largest absolute Gasteiger partial charge is 0.507 e. The molecule has 1 fully saturated rings. The number of phenols is 1. The minimum Gasteiger partial charge on any atom is -0.507 e. The van der Waals surface area contributed by atoms with Crippen molar-refractivity contribution in [3.63, 3.8) is 0 Å². The van der Waals surface area contributed by atoms with Gasteiger partial charge in [0.05, 0.1) is 12.4 Å². The number of aromatic nitrogens is 3. The number of imidazole rings is 1. The molecule has 1 saturated heterocycles. The standard InChI is InChI=1S/C29H29FN4O/c1-19-14-31-10-8-24(19)25-6-2-4-21-5-3-7-26(35)29(21)28(25)22-9-11-34-18-23(32-27(34)12-22)17-33-15-20(13-30)16-33/h3,5,7-12,14,18,20,35H,2,4,6,13,15-17H2,1H3. The number of aryl methyl sites for hydroxylation is 2. The molecule has 1 aliphatic carbocycles. The molecule has 4 aromatic rings. The zero-order valence-electron chi connectivity index (χ0n) is 19.9. The highest BCUT2D eigenvalue weighted by atomic mass is 19.1. The number of alkyl halides is 1. The van der Waals surface area contributed by atoms with E-state index in [0.29, 0.717) is 5.75 Å². The van der Waals surface area contributed by atoms with E-state index in [9.17, 15) is 9.50 Å². The average Bonchev–Trinajstić information content (AvgIpc) is 3.13. The Balaban J connectivity index is 1.48. The molecule has 6 heteroatoms. The summed E-state index contributed by atoms with van der Waals surface area (Å²) < 4.78 is 14.9. The Hall–Kier alpha value is -3.51. The van der Waals surface area contributed by atoms with Crippen molar-refractivity contribution >= 4 is 16.8 Å². The van der Waals surface area contributed by atoms with Gasteiger partial charge in [0, 0.05) is 55.9 Å². The number of pyridine rings is 2. The summed E-state index contributed by atoms with van der Waals surface area (Å²) >= 11 is 0. The van der Waals surface area contributed by atoms with Crippen molar-refractivity contribution in [2.75, 3.05) is 19.8 Å². The smallest absolute Gasteiger partial charge is 0.137 e. The fraction of sp³-hybridized carbons (Fsp3) is 0.310. The Bertz CT molecular complexity index is 1430. The quantitative estimate of drug-likeness (QED) is 0.424. The van der Waals surface area contributed by atoms with Crippen LogP contribution in [0.4, 0.5) is 4.39 Å². The normalized spacial score (nSPS) is 16.9. The topological polar surface area (TPSA) is 53.7 Å². The van der Waals surface area contributed by atoms with Crippen molar-refractivity contribution in [3.05, 3.63) is 94.7 Å². The lowest BCUT2D eigenvalue weighted by atomic mass is 9.87. The van der Waals surface area contributed by atoms with Crippen LogP contribution in [0.1, 0.15) is 46.4 Å². The Morgan fingerprint density at radius 3 is 2.86 bits per heavy atom. The number of nitrogens with zero attached hydrogens (tertiary/aromatic N) is 4. The fourth-order valence-electron chi connectivity index (χ4n) is 5.61. The zero-order chi connectivity index (χ0) is 23.9. The van der Waals surface area contributed by atoms with Gasteiger partial charge in [0.2, 0.25) is 0 Å². The number of phenolic OH excluding ortho intramolecular Hbond substituents is 1. The molecule has 0 unspecified atom stereocenters. The summed E-state index contributed by atoms with van der Waals surface area (Å²) in [5.41, 5.74) is 9.62. The molecule has 35 heavy (non-hydrogen) atoms. The Kier molecular flexibility index (Phi) is 5.61. The monoisotopic (exact) mass is 468 g/mol. The van der Waals surface area contributed by atoms with Crippen LogP contribution in [0.5, 0.6) is 5.75 Å². The molecule has 0 bridgehead atoms. The lowest BCUT2D eigenvalue weighted by Crippen LogP contribution is -2.46. The highest BCUT2D eigenvalue weighted by Gasteiger charge is 2.27. The molecule has 0 saturated carbocycles. The van der Waals surface area contributed by atoms with E-state index in [1.165, 1.54) is 16.7 Å². The lowest BCUT2D eigenvalue weighted by molar-refractivity contribution is 0.0727. The number of rotatable bonds is 5. The molecule has 6 rings (SSSR count). The first-order valence-corrected chi connectivity index (χ1v) is 12.3. The summed E-state index contributed by atoms with van der Waals surface area (Å²) in [5, 5.41) is 11.0. The molecule has 4 heterocycles. The SMILES string of the molecule is Cc1cnccc1C1=C(c2ccn3cc(CN4CC(CF)C4)nc3c2)c2c(O)cccc2CCC1. The fourth-order valence-corrected chi connectivity index (χ4v) is 5.61. The maximum Gasteiger partial charge on any atom is 0.137 e. The number of likely N-dealkylation sites (tertiary alicyclic amines) is 1. The maximum atomic E-state index is 12.8. The van der Waals surface area contributed by atoms with Gasteiger partial charge in [-0.1, -0.05) is 12.1 Å². The van der Waals surface area contributed by atoms with Gasteiger partial charge in [0.15, 0.2) is 0 Å². The number of benzene rings is 1. The van der Waals surface area contributed by atoms with Crippen LogP contribution in [0.15, 0.2) is 61.2 Å². The van der Waals surface area contributed by atoms with Crippen LogP contribution in [0.3, 0.4) is 0 Å². The van der Waals surface area contributed by atoms with Gasteiger partial charge >= 0.3 is 0 Å². The highest BCUT2D eigenvalue weighted by molar-refractivity contribution is 6.02. The molecule has 2 aliphatic rings. The van der Waals surface area contributed by atoms with Crippen LogP contribution < -0.4 is 0 Å². The zero-order valence-corrected chi connectivity index (χ0v) is 19.9. The van der Waals surface area contributed by atoms with Crippen molar-refractivity contribution in [2.24, 2.45) is 5.92 Å². The maximum absolute atomic E-state index is 12.8. The number of fused-ring (bicyclic) bond motifs is 2. The van der Waals surface area contributed by atoms with Gasteiger partial charge in [0.25, 0.3) is 0 Å². The van der Waals surface area contributed by atoms with E-state index in [2.05, 4.69) is 53.5 Å². The van der Waals surface area contributed by atoms with Crippen LogP contribution in [0, 0.1) is 12.8 Å². The molecule has 3 aromatic heterocycles. The first kappa shape index (κ1) is 22.0. The van der Waals surface area contributed by atoms with Crippen LogP contribution in [-0.2, 0) is 13.0 Å². The number of hydrogen-bond acceptors (Lipinski definition) is 4. The van der Waals surface area contributed by atoms with E-state index in [1.54, 1.807) is 6.07 Å². The van der Waals surface area contributed by atoms with Crippen LogP contribution in [0.2, 0.25) is 0 Å². The first-order valence-electron chi connectivity index (χ1n) is 12.3. The van der Waals surface area contributed by atoms with E-state index >= 15 is 0 Å². The molecule has 178 valence electrons. The third-order valence-electron chi connectivity index (χ3n) is 7.33. The molecule has 1 aromatic carbocycles. The van der Waals surface area contributed by atoms with Crippen LogP contribution >= 0.6 is 0 Å². The minimum atomic E-state index is -0.242. The number of halogens is 1. The summed E-state index contributed by atoms with van der Waals surface area (Å²) in [6.07, 6.45) is 10.7. The van der Waals surface area contributed by atoms with Crippen molar-refractivity contribution in [1.82, 2.24) is 19.3 Å². The van der Waals surface area contributed by atoms with Gasteiger partial charge in [-0.25, -0.2) is 4.98 Å². The third-order valence-corrected chi connectivity index (χ3v) is 7.33. The van der Waals surface area contributed by atoms with Crippen molar-refractivity contribution < 1.29 is 9.50 Å². The van der Waals surface area contributed by atoms with Gasteiger partial charge in [0.1, 0.15) is 11.4 Å².